The summed E-state index contributed by atoms with van der Waals surface area (Å²) in [5.74, 6) is 0. The van der Waals surface area contributed by atoms with E-state index in [9.17, 15) is 8.42 Å². The SMILES string of the molecule is Cc1cc(S(=O)(=O)NCC2CCCN2C)sc1CO. The third kappa shape index (κ3) is 3.35. The normalized spacial score (nSPS) is 21.1. The predicted molar refractivity (Wildman–Crippen MR) is 75.8 cm³/mol. The molecule has 5 nitrogen and oxygen atoms in total. The van der Waals surface area contributed by atoms with Crippen LogP contribution in [0.15, 0.2) is 10.3 Å². The molecule has 0 bridgehead atoms. The molecule has 1 aliphatic heterocycles. The number of hydrogen-bond donors (Lipinski definition) is 2. The second-order valence-electron chi connectivity index (χ2n) is 4.96. The van der Waals surface area contributed by atoms with Crippen molar-refractivity contribution in [1.82, 2.24) is 9.62 Å². The highest BCUT2D eigenvalue weighted by atomic mass is 32.2. The average Bonchev–Trinajstić information content (AvgIpc) is 2.93. The van der Waals surface area contributed by atoms with Crippen LogP contribution in [0.1, 0.15) is 23.3 Å². The van der Waals surface area contributed by atoms with Crippen LogP contribution in [0.2, 0.25) is 0 Å². The quantitative estimate of drug-likeness (QED) is 0.849. The van der Waals surface area contributed by atoms with Crippen LogP contribution in [-0.2, 0) is 16.6 Å². The molecule has 0 amide bonds. The Labute approximate surface area is 118 Å². The van der Waals surface area contributed by atoms with Gasteiger partial charge in [0.05, 0.1) is 6.61 Å². The summed E-state index contributed by atoms with van der Waals surface area (Å²) in [5, 5.41) is 9.12. The van der Waals surface area contributed by atoms with Crippen LogP contribution in [0.5, 0.6) is 0 Å². The van der Waals surface area contributed by atoms with Crippen molar-refractivity contribution in [1.29, 1.82) is 0 Å². The molecule has 1 fully saturated rings. The zero-order valence-electron chi connectivity index (χ0n) is 11.2. The Kier molecular flexibility index (Phi) is 4.62. The van der Waals surface area contributed by atoms with Crippen molar-refractivity contribution < 1.29 is 13.5 Å². The highest BCUT2D eigenvalue weighted by molar-refractivity contribution is 7.91. The Balaban J connectivity index is 2.05. The van der Waals surface area contributed by atoms with Gasteiger partial charge in [0.2, 0.25) is 10.0 Å². The Morgan fingerprint density at radius 1 is 1.58 bits per heavy atom. The minimum absolute atomic E-state index is 0.114. The molecule has 2 heterocycles. The topological polar surface area (TPSA) is 69.6 Å². The van der Waals surface area contributed by atoms with Gasteiger partial charge in [-0.2, -0.15) is 0 Å². The molecule has 1 aromatic heterocycles. The van der Waals surface area contributed by atoms with Crippen molar-refractivity contribution in [2.24, 2.45) is 0 Å². The van der Waals surface area contributed by atoms with Gasteiger partial charge in [0.15, 0.2) is 0 Å². The van der Waals surface area contributed by atoms with Gasteiger partial charge in [0.1, 0.15) is 4.21 Å². The molecule has 0 spiro atoms. The van der Waals surface area contributed by atoms with Crippen LogP contribution in [0, 0.1) is 6.92 Å². The van der Waals surface area contributed by atoms with Gasteiger partial charge in [-0.15, -0.1) is 11.3 Å². The van der Waals surface area contributed by atoms with Crippen molar-refractivity contribution in [2.75, 3.05) is 20.1 Å². The number of aliphatic hydroxyl groups is 1. The zero-order valence-corrected chi connectivity index (χ0v) is 12.9. The third-order valence-electron chi connectivity index (χ3n) is 3.59. The molecule has 2 rings (SSSR count). The van der Waals surface area contributed by atoms with Gasteiger partial charge in [-0.3, -0.25) is 0 Å². The average molecular weight is 304 g/mol. The monoisotopic (exact) mass is 304 g/mol. The standard InChI is InChI=1S/C12H20N2O3S2/c1-9-6-12(18-11(9)8-15)19(16,17)13-7-10-4-3-5-14(10)2/h6,10,13,15H,3-5,7-8H2,1-2H3. The zero-order chi connectivity index (χ0) is 14.0. The number of thiophene rings is 1. The van der Waals surface area contributed by atoms with Gasteiger partial charge in [-0.25, -0.2) is 13.1 Å². The summed E-state index contributed by atoms with van der Waals surface area (Å²) in [6.45, 7) is 3.17. The minimum Gasteiger partial charge on any atom is -0.391 e. The van der Waals surface area contributed by atoms with E-state index in [1.165, 1.54) is 0 Å². The lowest BCUT2D eigenvalue weighted by Crippen LogP contribution is -2.37. The first-order valence-corrected chi connectivity index (χ1v) is 8.64. The fraction of sp³-hybridized carbons (Fsp3) is 0.667. The molecule has 7 heteroatoms. The van der Waals surface area contributed by atoms with Gasteiger partial charge in [-0.05, 0) is 45.0 Å². The lowest BCUT2D eigenvalue weighted by Gasteiger charge is -2.19. The molecule has 0 saturated carbocycles. The molecular weight excluding hydrogens is 284 g/mol. The molecule has 1 aliphatic rings. The summed E-state index contributed by atoms with van der Waals surface area (Å²) in [5.41, 5.74) is 0.825. The first-order valence-electron chi connectivity index (χ1n) is 6.34. The second-order valence-corrected chi connectivity index (χ2v) is 8.09. The smallest absolute Gasteiger partial charge is 0.250 e. The number of nitrogens with zero attached hydrogens (tertiary/aromatic N) is 1. The van der Waals surface area contributed by atoms with Crippen LogP contribution >= 0.6 is 11.3 Å². The number of aliphatic hydroxyl groups excluding tert-OH is 1. The fourth-order valence-corrected chi connectivity index (χ4v) is 4.86. The number of nitrogens with one attached hydrogen (secondary N) is 1. The van der Waals surface area contributed by atoms with E-state index in [4.69, 9.17) is 5.11 Å². The molecule has 0 aliphatic carbocycles. The van der Waals surface area contributed by atoms with Gasteiger partial charge in [0.25, 0.3) is 0 Å². The van der Waals surface area contributed by atoms with E-state index in [2.05, 4.69) is 9.62 Å². The van der Waals surface area contributed by atoms with Crippen molar-refractivity contribution in [3.05, 3.63) is 16.5 Å². The Morgan fingerprint density at radius 2 is 2.32 bits per heavy atom. The van der Waals surface area contributed by atoms with E-state index in [0.717, 1.165) is 36.3 Å². The molecule has 0 aromatic carbocycles. The fourth-order valence-electron chi connectivity index (χ4n) is 2.29. The lowest BCUT2D eigenvalue weighted by atomic mass is 10.2. The highest BCUT2D eigenvalue weighted by Crippen LogP contribution is 2.26. The molecular formula is C12H20N2O3S2. The minimum atomic E-state index is -3.45. The van der Waals surface area contributed by atoms with E-state index < -0.39 is 10.0 Å². The van der Waals surface area contributed by atoms with Gasteiger partial charge >= 0.3 is 0 Å². The Bertz CT molecular complexity index is 539. The van der Waals surface area contributed by atoms with Crippen LogP contribution in [-0.4, -0.2) is 44.6 Å². The van der Waals surface area contributed by atoms with Crippen molar-refractivity contribution in [2.45, 2.75) is 36.6 Å². The van der Waals surface area contributed by atoms with Crippen molar-refractivity contribution in [3.63, 3.8) is 0 Å². The lowest BCUT2D eigenvalue weighted by molar-refractivity contribution is 0.285. The van der Waals surface area contributed by atoms with E-state index >= 15 is 0 Å². The highest BCUT2D eigenvalue weighted by Gasteiger charge is 2.24. The van der Waals surface area contributed by atoms with Crippen LogP contribution in [0.25, 0.3) is 0 Å². The predicted octanol–water partition coefficient (Wildman–Crippen LogP) is 0.921. The number of hydrogen-bond acceptors (Lipinski definition) is 5. The Morgan fingerprint density at radius 3 is 2.84 bits per heavy atom. The maximum absolute atomic E-state index is 12.2. The molecule has 1 atom stereocenters. The molecule has 0 radical (unpaired) electrons. The van der Waals surface area contributed by atoms with Crippen LogP contribution < -0.4 is 4.72 Å². The van der Waals surface area contributed by atoms with E-state index in [1.54, 1.807) is 6.07 Å². The molecule has 2 N–H and O–H groups in total. The molecule has 108 valence electrons. The van der Waals surface area contributed by atoms with Crippen LogP contribution in [0.3, 0.4) is 0 Å². The summed E-state index contributed by atoms with van der Waals surface area (Å²) >= 11 is 1.14. The molecule has 1 saturated heterocycles. The van der Waals surface area contributed by atoms with Crippen molar-refractivity contribution >= 4 is 21.4 Å². The first kappa shape index (κ1) is 14.9. The summed E-state index contributed by atoms with van der Waals surface area (Å²) < 4.78 is 27.3. The van der Waals surface area contributed by atoms with Gasteiger partial charge in [0, 0.05) is 17.5 Å². The van der Waals surface area contributed by atoms with E-state index in [-0.39, 0.29) is 16.9 Å². The van der Waals surface area contributed by atoms with E-state index in [0.29, 0.717) is 11.4 Å². The second kappa shape index (κ2) is 5.88. The molecule has 1 unspecified atom stereocenters. The first-order chi connectivity index (χ1) is 8.94. The summed E-state index contributed by atoms with van der Waals surface area (Å²) in [7, 11) is -1.43. The van der Waals surface area contributed by atoms with Crippen molar-refractivity contribution in [3.8, 4) is 0 Å². The Hall–Kier alpha value is -0.470. The number of likely N-dealkylation sites (N-methyl/N-ethyl adjacent to an activating group) is 1. The maximum atomic E-state index is 12.2. The third-order valence-corrected chi connectivity index (χ3v) is 6.71. The number of aryl methyl sites for hydroxylation is 1. The van der Waals surface area contributed by atoms with Crippen LogP contribution in [0.4, 0.5) is 0 Å². The maximum Gasteiger partial charge on any atom is 0.250 e. The largest absolute Gasteiger partial charge is 0.391 e. The number of rotatable bonds is 5. The number of likely N-dealkylation sites (tertiary alicyclic amines) is 1. The number of sulfonamides is 1. The summed E-state index contributed by atoms with van der Waals surface area (Å²) in [4.78, 5) is 2.89. The van der Waals surface area contributed by atoms with Gasteiger partial charge < -0.3 is 10.0 Å². The molecule has 19 heavy (non-hydrogen) atoms. The van der Waals surface area contributed by atoms with E-state index in [1.807, 2.05) is 14.0 Å². The summed E-state index contributed by atoms with van der Waals surface area (Å²) in [6.07, 6.45) is 2.15. The van der Waals surface area contributed by atoms with Gasteiger partial charge in [-0.1, -0.05) is 0 Å². The summed E-state index contributed by atoms with van der Waals surface area (Å²) in [6, 6.07) is 1.91. The molecule has 1 aromatic rings.